The summed E-state index contributed by atoms with van der Waals surface area (Å²) in [6, 6.07) is 0. The van der Waals surface area contributed by atoms with E-state index in [1.165, 1.54) is 6.08 Å². The number of allylic oxidation sites excluding steroid dienone is 2. The number of nitrogens with zero attached hydrogens (tertiary/aromatic N) is 1. The van der Waals surface area contributed by atoms with E-state index in [-0.39, 0.29) is 36.0 Å². The Morgan fingerprint density at radius 2 is 2.08 bits per heavy atom. The smallest absolute Gasteiger partial charge is 0.257 e. The summed E-state index contributed by atoms with van der Waals surface area (Å²) in [7, 11) is 0. The molecule has 0 aromatic carbocycles. The zero-order valence-corrected chi connectivity index (χ0v) is 15.8. The van der Waals surface area contributed by atoms with Crippen LogP contribution in [0.15, 0.2) is 23.3 Å². The van der Waals surface area contributed by atoms with E-state index in [0.717, 1.165) is 18.0 Å². The molecule has 0 saturated carbocycles. The number of hydrogen-bond donors (Lipinski definition) is 2. The van der Waals surface area contributed by atoms with Gasteiger partial charge in [-0.3, -0.25) is 4.79 Å². The Balaban J connectivity index is 3.04. The molecule has 1 rings (SSSR count). The monoisotopic (exact) mass is 373 g/mol. The Labute approximate surface area is 151 Å². The third-order valence-corrected chi connectivity index (χ3v) is 3.99. The largest absolute Gasteiger partial charge is 0.471 e. The quantitative estimate of drug-likeness (QED) is 0.588. The zero-order chi connectivity index (χ0) is 19.0. The van der Waals surface area contributed by atoms with Crippen LogP contribution in [0.1, 0.15) is 50.9 Å². The maximum atomic E-state index is 14.3. The SMILES string of the molecule is CCCNc1snc(OCC(/C(F)=C\C(C)C)=C(\F)CC)c1C(N)=O. The number of halogens is 2. The maximum absolute atomic E-state index is 14.3. The van der Waals surface area contributed by atoms with Crippen molar-refractivity contribution in [1.29, 1.82) is 0 Å². The van der Waals surface area contributed by atoms with Gasteiger partial charge in [0.05, 0.1) is 5.57 Å². The van der Waals surface area contributed by atoms with Gasteiger partial charge in [0, 0.05) is 6.54 Å². The molecular formula is C17H25F2N3O2S. The second-order valence-electron chi connectivity index (χ2n) is 5.77. The van der Waals surface area contributed by atoms with Gasteiger partial charge in [-0.05, 0) is 36.4 Å². The van der Waals surface area contributed by atoms with Crippen LogP contribution >= 0.6 is 11.5 Å². The van der Waals surface area contributed by atoms with Crippen molar-refractivity contribution >= 4 is 22.4 Å². The Hall–Kier alpha value is -1.96. The Morgan fingerprint density at radius 3 is 2.60 bits per heavy atom. The molecule has 3 N–H and O–H groups in total. The number of aromatic nitrogens is 1. The van der Waals surface area contributed by atoms with Crippen LogP contribution in [-0.2, 0) is 0 Å². The normalized spacial score (nSPS) is 13.0. The Bertz CT molecular complexity index is 654. The van der Waals surface area contributed by atoms with Crippen molar-refractivity contribution in [3.05, 3.63) is 28.9 Å². The van der Waals surface area contributed by atoms with Crippen LogP contribution in [0.5, 0.6) is 5.88 Å². The highest BCUT2D eigenvalue weighted by Crippen LogP contribution is 2.31. The van der Waals surface area contributed by atoms with Gasteiger partial charge in [0.2, 0.25) is 5.88 Å². The van der Waals surface area contributed by atoms with Crippen LogP contribution < -0.4 is 15.8 Å². The van der Waals surface area contributed by atoms with Crippen molar-refractivity contribution in [3.8, 4) is 5.88 Å². The van der Waals surface area contributed by atoms with Gasteiger partial charge >= 0.3 is 0 Å². The molecule has 0 saturated heterocycles. The first-order valence-electron chi connectivity index (χ1n) is 8.23. The lowest BCUT2D eigenvalue weighted by atomic mass is 10.1. The lowest BCUT2D eigenvalue weighted by Gasteiger charge is -2.10. The van der Waals surface area contributed by atoms with Gasteiger partial charge in [0.15, 0.2) is 0 Å². The molecule has 1 aromatic rings. The number of carbonyl (C=O) groups is 1. The fraction of sp³-hybridized carbons (Fsp3) is 0.529. The molecule has 8 heteroatoms. The summed E-state index contributed by atoms with van der Waals surface area (Å²) in [5.41, 5.74) is 5.31. The molecule has 25 heavy (non-hydrogen) atoms. The highest BCUT2D eigenvalue weighted by atomic mass is 32.1. The molecule has 0 spiro atoms. The topological polar surface area (TPSA) is 77.2 Å². The van der Waals surface area contributed by atoms with Crippen LogP contribution in [0.25, 0.3) is 0 Å². The molecule has 1 heterocycles. The third-order valence-electron chi connectivity index (χ3n) is 3.20. The molecule has 5 nitrogen and oxygen atoms in total. The number of anilines is 1. The van der Waals surface area contributed by atoms with Crippen molar-refractivity contribution in [2.24, 2.45) is 11.7 Å². The van der Waals surface area contributed by atoms with E-state index in [0.29, 0.717) is 11.5 Å². The Kier molecular flexibility index (Phi) is 8.54. The predicted octanol–water partition coefficient (Wildman–Crippen LogP) is 4.59. The summed E-state index contributed by atoms with van der Waals surface area (Å²) in [5.74, 6) is -2.08. The van der Waals surface area contributed by atoms with E-state index in [1.807, 2.05) is 6.92 Å². The van der Waals surface area contributed by atoms with E-state index < -0.39 is 17.6 Å². The van der Waals surface area contributed by atoms with Gasteiger partial charge in [-0.15, -0.1) is 0 Å². The highest BCUT2D eigenvalue weighted by Gasteiger charge is 2.21. The van der Waals surface area contributed by atoms with Crippen molar-refractivity contribution < 1.29 is 18.3 Å². The molecule has 1 aromatic heterocycles. The minimum Gasteiger partial charge on any atom is -0.471 e. The number of nitrogens with two attached hydrogens (primary N) is 1. The maximum Gasteiger partial charge on any atom is 0.257 e. The summed E-state index contributed by atoms with van der Waals surface area (Å²) >= 11 is 1.02. The average Bonchev–Trinajstić information content (AvgIpc) is 2.95. The van der Waals surface area contributed by atoms with Gasteiger partial charge in [-0.1, -0.05) is 27.7 Å². The van der Waals surface area contributed by atoms with Gasteiger partial charge in [0.25, 0.3) is 5.91 Å². The molecule has 0 radical (unpaired) electrons. The van der Waals surface area contributed by atoms with E-state index in [1.54, 1.807) is 20.8 Å². The molecule has 0 fully saturated rings. The molecule has 1 amide bonds. The number of hydrogen-bond acceptors (Lipinski definition) is 5. The van der Waals surface area contributed by atoms with Crippen LogP contribution in [0, 0.1) is 5.92 Å². The average molecular weight is 373 g/mol. The lowest BCUT2D eigenvalue weighted by Crippen LogP contribution is -2.15. The number of nitrogens with one attached hydrogen (secondary N) is 1. The molecule has 0 aliphatic heterocycles. The van der Waals surface area contributed by atoms with Crippen LogP contribution in [0.2, 0.25) is 0 Å². The molecular weight excluding hydrogens is 348 g/mol. The van der Waals surface area contributed by atoms with E-state index in [2.05, 4.69) is 9.69 Å². The van der Waals surface area contributed by atoms with Gasteiger partial charge in [0.1, 0.15) is 28.8 Å². The number of rotatable bonds is 10. The number of carbonyl (C=O) groups excluding carboxylic acids is 1. The van der Waals surface area contributed by atoms with Crippen molar-refractivity contribution in [1.82, 2.24) is 4.37 Å². The van der Waals surface area contributed by atoms with Crippen LogP contribution in [0.3, 0.4) is 0 Å². The Morgan fingerprint density at radius 1 is 1.40 bits per heavy atom. The molecule has 0 atom stereocenters. The summed E-state index contributed by atoms with van der Waals surface area (Å²) < 4.78 is 37.7. The highest BCUT2D eigenvalue weighted by molar-refractivity contribution is 7.10. The van der Waals surface area contributed by atoms with Crippen molar-refractivity contribution in [3.63, 3.8) is 0 Å². The van der Waals surface area contributed by atoms with Crippen LogP contribution in [0.4, 0.5) is 13.8 Å². The lowest BCUT2D eigenvalue weighted by molar-refractivity contribution is 0.0997. The first kappa shape index (κ1) is 21.1. The standard InChI is InChI=1S/C17H25F2N3O2S/c1-5-7-21-17-14(15(20)23)16(22-25-17)24-9-11(12(18)6-2)13(19)8-10(3)4/h8,10,21H,5-7,9H2,1-4H3,(H2,20,23)/b12-11+,13-8+. The van der Waals surface area contributed by atoms with Crippen molar-refractivity contribution in [2.45, 2.75) is 40.5 Å². The summed E-state index contributed by atoms with van der Waals surface area (Å²) in [5, 5.41) is 3.53. The first-order chi connectivity index (χ1) is 11.8. The molecule has 0 aliphatic carbocycles. The minimum absolute atomic E-state index is 0.0187. The summed E-state index contributed by atoms with van der Waals surface area (Å²) in [4.78, 5) is 11.7. The number of amides is 1. The van der Waals surface area contributed by atoms with Crippen LogP contribution in [-0.4, -0.2) is 23.4 Å². The molecule has 0 bridgehead atoms. The van der Waals surface area contributed by atoms with Gasteiger partial charge in [-0.25, -0.2) is 8.78 Å². The van der Waals surface area contributed by atoms with Gasteiger partial charge < -0.3 is 15.8 Å². The second kappa shape index (κ2) is 10.1. The summed E-state index contributed by atoms with van der Waals surface area (Å²) in [6.07, 6.45) is 2.21. The van der Waals surface area contributed by atoms with E-state index in [4.69, 9.17) is 10.5 Å². The first-order valence-corrected chi connectivity index (χ1v) is 9.00. The number of ether oxygens (including phenoxy) is 1. The fourth-order valence-electron chi connectivity index (χ4n) is 1.97. The van der Waals surface area contributed by atoms with E-state index >= 15 is 0 Å². The molecule has 140 valence electrons. The second-order valence-corrected chi connectivity index (χ2v) is 6.54. The molecule has 0 unspecified atom stereocenters. The van der Waals surface area contributed by atoms with Crippen molar-refractivity contribution in [2.75, 3.05) is 18.5 Å². The number of primary amides is 1. The van der Waals surface area contributed by atoms with E-state index in [9.17, 15) is 13.6 Å². The minimum atomic E-state index is -0.706. The fourth-order valence-corrected chi connectivity index (χ4v) is 2.74. The third kappa shape index (κ3) is 6.12. The zero-order valence-electron chi connectivity index (χ0n) is 15.0. The predicted molar refractivity (Wildman–Crippen MR) is 97.4 cm³/mol. The van der Waals surface area contributed by atoms with Gasteiger partial charge in [-0.2, -0.15) is 4.37 Å². The molecule has 0 aliphatic rings. The summed E-state index contributed by atoms with van der Waals surface area (Å²) in [6.45, 7) is 7.42.